The van der Waals surface area contributed by atoms with Crippen LogP contribution in [0.3, 0.4) is 0 Å². The molecule has 1 aromatic rings. The quantitative estimate of drug-likeness (QED) is 0.760. The molecule has 0 heterocycles. The Hall–Kier alpha value is -0.830. The van der Waals surface area contributed by atoms with Crippen LogP contribution in [0.15, 0.2) is 28.7 Å². The van der Waals surface area contributed by atoms with Crippen LogP contribution >= 0.6 is 15.9 Å². The minimum Gasteiger partial charge on any atom is -0.490 e. The van der Waals surface area contributed by atoms with E-state index in [9.17, 15) is 4.79 Å². The number of carbonyl (C=O) groups is 1. The van der Waals surface area contributed by atoms with Crippen LogP contribution in [-0.4, -0.2) is 12.4 Å². The summed E-state index contributed by atoms with van der Waals surface area (Å²) in [7, 11) is 0. The fourth-order valence-corrected chi connectivity index (χ4v) is 1.33. The van der Waals surface area contributed by atoms with Crippen molar-refractivity contribution >= 4 is 22.2 Å². The Morgan fingerprint density at radius 2 is 2.38 bits per heavy atom. The number of halogens is 1. The lowest BCUT2D eigenvalue weighted by atomic mass is 10.3. The first-order valence-corrected chi connectivity index (χ1v) is 4.87. The van der Waals surface area contributed by atoms with E-state index in [1.54, 1.807) is 0 Å². The summed E-state index contributed by atoms with van der Waals surface area (Å²) < 4.78 is 6.45. The van der Waals surface area contributed by atoms with E-state index in [0.717, 1.165) is 16.5 Å². The van der Waals surface area contributed by atoms with Crippen molar-refractivity contribution in [2.75, 3.05) is 0 Å². The average molecular weight is 243 g/mol. The van der Waals surface area contributed by atoms with Crippen molar-refractivity contribution in [3.63, 3.8) is 0 Å². The van der Waals surface area contributed by atoms with Gasteiger partial charge in [0.2, 0.25) is 0 Å². The maximum atomic E-state index is 10.2. The molecular weight excluding hydrogens is 232 g/mol. The van der Waals surface area contributed by atoms with Crippen LogP contribution in [0.5, 0.6) is 5.75 Å². The summed E-state index contributed by atoms with van der Waals surface area (Å²) in [6.45, 7) is 1.87. The molecule has 1 rings (SSSR count). The monoisotopic (exact) mass is 242 g/mol. The standard InChI is InChI=1S/C10H11BrO2/c1-8(5-6-12)13-10-4-2-3-9(11)7-10/h2-4,6-8H,5H2,1H3. The van der Waals surface area contributed by atoms with Gasteiger partial charge in [-0.15, -0.1) is 0 Å². The Labute approximate surface area is 86.0 Å². The number of benzene rings is 1. The van der Waals surface area contributed by atoms with Gasteiger partial charge in [-0.25, -0.2) is 0 Å². The van der Waals surface area contributed by atoms with Crippen LogP contribution in [0.2, 0.25) is 0 Å². The van der Waals surface area contributed by atoms with Crippen molar-refractivity contribution in [2.24, 2.45) is 0 Å². The van der Waals surface area contributed by atoms with Gasteiger partial charge < -0.3 is 9.53 Å². The Morgan fingerprint density at radius 3 is 3.00 bits per heavy atom. The molecule has 70 valence electrons. The normalized spacial score (nSPS) is 12.2. The summed E-state index contributed by atoms with van der Waals surface area (Å²) in [5.74, 6) is 0.781. The van der Waals surface area contributed by atoms with E-state index in [0.29, 0.717) is 6.42 Å². The molecule has 0 saturated heterocycles. The molecule has 2 nitrogen and oxygen atoms in total. The van der Waals surface area contributed by atoms with Gasteiger partial charge in [0.1, 0.15) is 18.1 Å². The molecule has 0 fully saturated rings. The first kappa shape index (κ1) is 10.3. The van der Waals surface area contributed by atoms with Gasteiger partial charge >= 0.3 is 0 Å². The highest BCUT2D eigenvalue weighted by molar-refractivity contribution is 9.10. The molecule has 0 N–H and O–H groups in total. The van der Waals surface area contributed by atoms with E-state index in [4.69, 9.17) is 4.74 Å². The van der Waals surface area contributed by atoms with E-state index in [2.05, 4.69) is 15.9 Å². The Kier molecular flexibility index (Phi) is 3.96. The van der Waals surface area contributed by atoms with Crippen molar-refractivity contribution in [2.45, 2.75) is 19.4 Å². The van der Waals surface area contributed by atoms with Crippen LogP contribution in [0, 0.1) is 0 Å². The minimum absolute atomic E-state index is 0.0631. The smallest absolute Gasteiger partial charge is 0.123 e. The lowest BCUT2D eigenvalue weighted by Gasteiger charge is -2.11. The predicted octanol–water partition coefficient (Wildman–Crippen LogP) is 2.81. The molecule has 0 aromatic heterocycles. The summed E-state index contributed by atoms with van der Waals surface area (Å²) in [5, 5.41) is 0. The van der Waals surface area contributed by atoms with Crippen molar-refractivity contribution in [1.29, 1.82) is 0 Å². The molecule has 0 aliphatic carbocycles. The highest BCUT2D eigenvalue weighted by Crippen LogP contribution is 2.19. The van der Waals surface area contributed by atoms with Gasteiger partial charge in [0, 0.05) is 10.9 Å². The molecular formula is C10H11BrO2. The molecule has 1 unspecified atom stereocenters. The number of ether oxygens (including phenoxy) is 1. The molecule has 3 heteroatoms. The number of carbonyl (C=O) groups excluding carboxylic acids is 1. The molecule has 0 aliphatic heterocycles. The largest absolute Gasteiger partial charge is 0.490 e. The highest BCUT2D eigenvalue weighted by Gasteiger charge is 2.02. The second kappa shape index (κ2) is 5.02. The maximum Gasteiger partial charge on any atom is 0.123 e. The minimum atomic E-state index is -0.0631. The van der Waals surface area contributed by atoms with Crippen molar-refractivity contribution in [3.05, 3.63) is 28.7 Å². The zero-order valence-electron chi connectivity index (χ0n) is 7.37. The van der Waals surface area contributed by atoms with Crippen LogP contribution in [0.4, 0.5) is 0 Å². The first-order chi connectivity index (χ1) is 6.22. The zero-order chi connectivity index (χ0) is 9.68. The third-order valence-electron chi connectivity index (χ3n) is 1.56. The second-order valence-electron chi connectivity index (χ2n) is 2.79. The number of aldehydes is 1. The summed E-state index contributed by atoms with van der Waals surface area (Å²) in [5.41, 5.74) is 0. The van der Waals surface area contributed by atoms with Gasteiger partial charge in [-0.1, -0.05) is 22.0 Å². The van der Waals surface area contributed by atoms with Crippen LogP contribution in [0.25, 0.3) is 0 Å². The lowest BCUT2D eigenvalue weighted by Crippen LogP contribution is -2.11. The zero-order valence-corrected chi connectivity index (χ0v) is 8.95. The first-order valence-electron chi connectivity index (χ1n) is 4.08. The topological polar surface area (TPSA) is 26.3 Å². The van der Waals surface area contributed by atoms with Gasteiger partial charge in [0.15, 0.2) is 0 Å². The third kappa shape index (κ3) is 3.59. The van der Waals surface area contributed by atoms with Gasteiger partial charge in [-0.05, 0) is 25.1 Å². The molecule has 1 atom stereocenters. The van der Waals surface area contributed by atoms with Gasteiger partial charge in [-0.2, -0.15) is 0 Å². The fourth-order valence-electron chi connectivity index (χ4n) is 0.956. The Balaban J connectivity index is 2.58. The molecule has 0 bridgehead atoms. The van der Waals surface area contributed by atoms with Gasteiger partial charge in [-0.3, -0.25) is 0 Å². The molecule has 0 spiro atoms. The molecule has 0 amide bonds. The van der Waals surface area contributed by atoms with Gasteiger partial charge in [0.05, 0.1) is 0 Å². The third-order valence-corrected chi connectivity index (χ3v) is 2.05. The molecule has 1 aromatic carbocycles. The van der Waals surface area contributed by atoms with E-state index in [1.807, 2.05) is 31.2 Å². The molecule has 13 heavy (non-hydrogen) atoms. The van der Waals surface area contributed by atoms with E-state index in [1.165, 1.54) is 0 Å². The SMILES string of the molecule is CC(CC=O)Oc1cccc(Br)c1. The molecule has 0 saturated carbocycles. The second-order valence-corrected chi connectivity index (χ2v) is 3.70. The maximum absolute atomic E-state index is 10.2. The molecule has 0 radical (unpaired) electrons. The summed E-state index contributed by atoms with van der Waals surface area (Å²) >= 11 is 3.34. The number of hydrogen-bond donors (Lipinski definition) is 0. The average Bonchev–Trinajstić information content (AvgIpc) is 2.04. The van der Waals surface area contributed by atoms with Crippen LogP contribution < -0.4 is 4.74 Å². The van der Waals surface area contributed by atoms with Crippen molar-refractivity contribution in [1.82, 2.24) is 0 Å². The Bertz CT molecular complexity index is 286. The number of hydrogen-bond acceptors (Lipinski definition) is 2. The van der Waals surface area contributed by atoms with Crippen molar-refractivity contribution < 1.29 is 9.53 Å². The fraction of sp³-hybridized carbons (Fsp3) is 0.300. The van der Waals surface area contributed by atoms with E-state index < -0.39 is 0 Å². The lowest BCUT2D eigenvalue weighted by molar-refractivity contribution is -0.109. The van der Waals surface area contributed by atoms with Crippen molar-refractivity contribution in [3.8, 4) is 5.75 Å². The Morgan fingerprint density at radius 1 is 1.62 bits per heavy atom. The van der Waals surface area contributed by atoms with E-state index in [-0.39, 0.29) is 6.10 Å². The van der Waals surface area contributed by atoms with Crippen LogP contribution in [-0.2, 0) is 4.79 Å². The highest BCUT2D eigenvalue weighted by atomic mass is 79.9. The summed E-state index contributed by atoms with van der Waals surface area (Å²) in [6.07, 6.45) is 1.22. The van der Waals surface area contributed by atoms with Crippen LogP contribution in [0.1, 0.15) is 13.3 Å². The van der Waals surface area contributed by atoms with Gasteiger partial charge in [0.25, 0.3) is 0 Å². The summed E-state index contributed by atoms with van der Waals surface area (Å²) in [6, 6.07) is 7.57. The summed E-state index contributed by atoms with van der Waals surface area (Å²) in [4.78, 5) is 10.2. The predicted molar refractivity (Wildman–Crippen MR) is 54.9 cm³/mol. The number of rotatable bonds is 4. The molecule has 0 aliphatic rings. The van der Waals surface area contributed by atoms with E-state index >= 15 is 0 Å².